The quantitative estimate of drug-likeness (QED) is 0.368. The van der Waals surface area contributed by atoms with Crippen LogP contribution in [0.25, 0.3) is 16.6 Å². The minimum Gasteiger partial charge on any atom is -0.356 e. The molecule has 1 amide bonds. The van der Waals surface area contributed by atoms with Crippen LogP contribution in [0.1, 0.15) is 30.9 Å². The second kappa shape index (κ2) is 10.7. The van der Waals surface area contributed by atoms with Crippen LogP contribution in [-0.2, 0) is 17.8 Å². The Morgan fingerprint density at radius 3 is 2.46 bits per heavy atom. The van der Waals surface area contributed by atoms with E-state index in [4.69, 9.17) is 11.6 Å². The zero-order chi connectivity index (χ0) is 24.9. The molecule has 0 aliphatic rings. The Morgan fingerprint density at radius 2 is 1.74 bits per heavy atom. The van der Waals surface area contributed by atoms with Gasteiger partial charge >= 0.3 is 5.69 Å². The second-order valence-corrected chi connectivity index (χ2v) is 8.68. The van der Waals surface area contributed by atoms with Gasteiger partial charge in [0.25, 0.3) is 5.56 Å². The molecule has 0 bridgehead atoms. The molecule has 0 spiro atoms. The van der Waals surface area contributed by atoms with E-state index in [-0.39, 0.29) is 29.5 Å². The standard InChI is InChI=1S/C27H25ClFN3O3/c1-2-3-15-30-25(33)16-18-11-13-19(14-12-18)32-26(34)20-7-4-5-10-24(20)31(27(32)35)17-21-22(28)8-6-9-23(21)29/h4-14H,2-3,15-17H2,1H3,(H,30,33). The third kappa shape index (κ3) is 5.20. The average Bonchev–Trinajstić information content (AvgIpc) is 2.84. The molecule has 35 heavy (non-hydrogen) atoms. The highest BCUT2D eigenvalue weighted by Gasteiger charge is 2.17. The molecule has 0 aliphatic carbocycles. The van der Waals surface area contributed by atoms with E-state index in [9.17, 15) is 18.8 Å². The van der Waals surface area contributed by atoms with E-state index in [2.05, 4.69) is 12.2 Å². The predicted octanol–water partition coefficient (Wildman–Crippen LogP) is 4.45. The minimum atomic E-state index is -0.613. The van der Waals surface area contributed by atoms with Crippen molar-refractivity contribution in [2.24, 2.45) is 0 Å². The van der Waals surface area contributed by atoms with E-state index < -0.39 is 17.1 Å². The maximum Gasteiger partial charge on any atom is 0.336 e. The summed E-state index contributed by atoms with van der Waals surface area (Å²) in [5, 5.41) is 3.38. The van der Waals surface area contributed by atoms with Gasteiger partial charge in [-0.25, -0.2) is 13.8 Å². The Labute approximate surface area is 206 Å². The topological polar surface area (TPSA) is 73.1 Å². The van der Waals surface area contributed by atoms with Gasteiger partial charge in [0, 0.05) is 17.1 Å². The van der Waals surface area contributed by atoms with Gasteiger partial charge in [-0.05, 0) is 48.4 Å². The summed E-state index contributed by atoms with van der Waals surface area (Å²) in [6.07, 6.45) is 2.11. The van der Waals surface area contributed by atoms with Crippen LogP contribution in [-0.4, -0.2) is 21.6 Å². The minimum absolute atomic E-state index is 0.0850. The van der Waals surface area contributed by atoms with Crippen LogP contribution in [0.15, 0.2) is 76.3 Å². The first-order valence-corrected chi connectivity index (χ1v) is 11.8. The molecule has 0 fully saturated rings. The van der Waals surface area contributed by atoms with Gasteiger partial charge in [-0.2, -0.15) is 0 Å². The number of para-hydroxylation sites is 1. The van der Waals surface area contributed by atoms with E-state index in [1.807, 2.05) is 0 Å². The molecule has 180 valence electrons. The second-order valence-electron chi connectivity index (χ2n) is 8.27. The first-order chi connectivity index (χ1) is 16.9. The summed E-state index contributed by atoms with van der Waals surface area (Å²) >= 11 is 6.21. The number of aromatic nitrogens is 2. The highest BCUT2D eigenvalue weighted by atomic mass is 35.5. The number of nitrogens with one attached hydrogen (secondary N) is 1. The molecule has 1 heterocycles. The molecule has 8 heteroatoms. The zero-order valence-electron chi connectivity index (χ0n) is 19.3. The molecule has 4 rings (SSSR count). The van der Waals surface area contributed by atoms with E-state index >= 15 is 0 Å². The van der Waals surface area contributed by atoms with Crippen LogP contribution in [0.3, 0.4) is 0 Å². The summed E-state index contributed by atoms with van der Waals surface area (Å²) in [6.45, 7) is 2.55. The van der Waals surface area contributed by atoms with E-state index in [1.54, 1.807) is 54.6 Å². The summed E-state index contributed by atoms with van der Waals surface area (Å²) in [6, 6.07) is 17.7. The summed E-state index contributed by atoms with van der Waals surface area (Å²) in [4.78, 5) is 38.9. The summed E-state index contributed by atoms with van der Waals surface area (Å²) < 4.78 is 16.9. The van der Waals surface area contributed by atoms with Gasteiger partial charge in [0.2, 0.25) is 5.91 Å². The Balaban J connectivity index is 1.75. The number of unbranched alkanes of at least 4 members (excludes halogenated alkanes) is 1. The molecule has 0 unspecified atom stereocenters. The number of halogens is 2. The fraction of sp³-hybridized carbons (Fsp3) is 0.222. The van der Waals surface area contributed by atoms with Crippen molar-refractivity contribution in [3.8, 4) is 5.69 Å². The van der Waals surface area contributed by atoms with Gasteiger partial charge in [0.15, 0.2) is 0 Å². The molecule has 0 radical (unpaired) electrons. The Hall–Kier alpha value is -3.71. The maximum atomic E-state index is 14.5. The molecule has 1 aromatic heterocycles. The van der Waals surface area contributed by atoms with Gasteiger partial charge < -0.3 is 5.32 Å². The number of hydrogen-bond acceptors (Lipinski definition) is 3. The van der Waals surface area contributed by atoms with Gasteiger partial charge in [-0.3, -0.25) is 14.2 Å². The van der Waals surface area contributed by atoms with Crippen molar-refractivity contribution >= 4 is 28.4 Å². The van der Waals surface area contributed by atoms with Gasteiger partial charge in [0.05, 0.1) is 29.6 Å². The maximum absolute atomic E-state index is 14.5. The fourth-order valence-corrected chi connectivity index (χ4v) is 4.18. The number of benzene rings is 3. The molecule has 6 nitrogen and oxygen atoms in total. The van der Waals surface area contributed by atoms with Crippen molar-refractivity contribution in [2.75, 3.05) is 6.54 Å². The normalized spacial score (nSPS) is 11.1. The molecule has 4 aromatic rings. The lowest BCUT2D eigenvalue weighted by atomic mass is 10.1. The molecule has 0 atom stereocenters. The Morgan fingerprint density at radius 1 is 1.00 bits per heavy atom. The number of fused-ring (bicyclic) bond motifs is 1. The summed E-state index contributed by atoms with van der Waals surface area (Å²) in [7, 11) is 0. The van der Waals surface area contributed by atoms with E-state index in [1.165, 1.54) is 16.7 Å². The fourth-order valence-electron chi connectivity index (χ4n) is 3.96. The average molecular weight is 494 g/mol. The number of amides is 1. The van der Waals surface area contributed by atoms with Crippen LogP contribution in [0.2, 0.25) is 5.02 Å². The lowest BCUT2D eigenvalue weighted by Crippen LogP contribution is -2.39. The number of hydrogen-bond donors (Lipinski definition) is 1. The van der Waals surface area contributed by atoms with Crippen LogP contribution in [0, 0.1) is 5.82 Å². The Bertz CT molecular complexity index is 1470. The largest absolute Gasteiger partial charge is 0.356 e. The van der Waals surface area contributed by atoms with E-state index in [0.29, 0.717) is 23.1 Å². The van der Waals surface area contributed by atoms with E-state index in [0.717, 1.165) is 23.0 Å². The van der Waals surface area contributed by atoms with Crippen molar-refractivity contribution in [3.63, 3.8) is 0 Å². The van der Waals surface area contributed by atoms with Gasteiger partial charge in [0.1, 0.15) is 5.82 Å². The highest BCUT2D eigenvalue weighted by molar-refractivity contribution is 6.31. The number of carbonyl (C=O) groups is 1. The van der Waals surface area contributed by atoms with Crippen molar-refractivity contribution in [2.45, 2.75) is 32.7 Å². The van der Waals surface area contributed by atoms with Gasteiger partial charge in [-0.15, -0.1) is 0 Å². The number of nitrogens with zero attached hydrogens (tertiary/aromatic N) is 2. The van der Waals surface area contributed by atoms with Crippen molar-refractivity contribution in [1.82, 2.24) is 14.5 Å². The first-order valence-electron chi connectivity index (χ1n) is 11.4. The molecule has 3 aromatic carbocycles. The molecule has 0 saturated carbocycles. The molecule has 1 N–H and O–H groups in total. The van der Waals surface area contributed by atoms with Crippen molar-refractivity contribution in [3.05, 3.63) is 110 Å². The van der Waals surface area contributed by atoms with Crippen LogP contribution >= 0.6 is 11.6 Å². The molecular weight excluding hydrogens is 469 g/mol. The third-order valence-corrected chi connectivity index (χ3v) is 6.19. The molecule has 0 aliphatic heterocycles. The highest BCUT2D eigenvalue weighted by Crippen LogP contribution is 2.21. The lowest BCUT2D eigenvalue weighted by Gasteiger charge is -2.15. The Kier molecular flexibility index (Phi) is 7.46. The van der Waals surface area contributed by atoms with Crippen LogP contribution in [0.4, 0.5) is 4.39 Å². The van der Waals surface area contributed by atoms with Crippen LogP contribution < -0.4 is 16.6 Å². The van der Waals surface area contributed by atoms with Crippen molar-refractivity contribution < 1.29 is 9.18 Å². The lowest BCUT2D eigenvalue weighted by molar-refractivity contribution is -0.120. The monoisotopic (exact) mass is 493 g/mol. The molecule has 0 saturated heterocycles. The SMILES string of the molecule is CCCCNC(=O)Cc1ccc(-n2c(=O)c3ccccc3n(Cc3c(F)cccc3Cl)c2=O)cc1. The summed E-state index contributed by atoms with van der Waals surface area (Å²) in [5.41, 5.74) is 0.573. The number of carbonyl (C=O) groups excluding carboxylic acids is 1. The number of rotatable bonds is 8. The zero-order valence-corrected chi connectivity index (χ0v) is 20.0. The van der Waals surface area contributed by atoms with Crippen LogP contribution in [0.5, 0.6) is 0 Å². The first kappa shape index (κ1) is 24.4. The van der Waals surface area contributed by atoms with Crippen molar-refractivity contribution in [1.29, 1.82) is 0 Å². The third-order valence-electron chi connectivity index (χ3n) is 5.84. The summed E-state index contributed by atoms with van der Waals surface area (Å²) in [5.74, 6) is -0.619. The smallest absolute Gasteiger partial charge is 0.336 e. The molecular formula is C27H25ClFN3O3. The van der Waals surface area contributed by atoms with Gasteiger partial charge in [-0.1, -0.05) is 55.3 Å². The predicted molar refractivity (Wildman–Crippen MR) is 136 cm³/mol.